The number of likely N-dealkylation sites (N-methyl/N-ethyl adjacent to an activating group) is 1. The van der Waals surface area contributed by atoms with E-state index in [4.69, 9.17) is 0 Å². The predicted molar refractivity (Wildman–Crippen MR) is 66.1 cm³/mol. The Morgan fingerprint density at radius 3 is 2.67 bits per heavy atom. The first-order valence-electron chi connectivity index (χ1n) is 5.57. The Morgan fingerprint density at radius 2 is 2.00 bits per heavy atom. The van der Waals surface area contributed by atoms with Crippen molar-refractivity contribution in [3.63, 3.8) is 0 Å². The minimum Gasteiger partial charge on any atom is -0.318 e. The zero-order valence-electron chi connectivity index (χ0n) is 10.2. The fourth-order valence-electron chi connectivity index (χ4n) is 1.65. The quantitative estimate of drug-likeness (QED) is 0.770. The van der Waals surface area contributed by atoms with E-state index in [1.807, 2.05) is 7.05 Å². The van der Waals surface area contributed by atoms with Gasteiger partial charge >= 0.3 is 0 Å². The molecule has 0 saturated carbocycles. The molecule has 0 fully saturated rings. The minimum absolute atomic E-state index is 0.509. The van der Waals surface area contributed by atoms with E-state index < -0.39 is 0 Å². The van der Waals surface area contributed by atoms with Gasteiger partial charge in [0.25, 0.3) is 0 Å². The standard InChI is InChI=1S/C13H22N2/c1-10-5-6-11(2)13(7-10)9-15-12(3)8-14-4/h5-7,12,14-15H,8-9H2,1-4H3. The molecule has 84 valence electrons. The number of hydrogen-bond acceptors (Lipinski definition) is 2. The molecule has 0 spiro atoms. The van der Waals surface area contributed by atoms with Gasteiger partial charge in [0.15, 0.2) is 0 Å². The molecule has 2 heteroatoms. The molecule has 1 atom stereocenters. The second-order valence-electron chi connectivity index (χ2n) is 4.27. The number of nitrogens with one attached hydrogen (secondary N) is 2. The average Bonchev–Trinajstić information content (AvgIpc) is 2.20. The van der Waals surface area contributed by atoms with Crippen molar-refractivity contribution in [2.75, 3.05) is 13.6 Å². The molecule has 0 heterocycles. The van der Waals surface area contributed by atoms with Crippen LogP contribution in [0.1, 0.15) is 23.6 Å². The highest BCUT2D eigenvalue weighted by Gasteiger charge is 2.02. The van der Waals surface area contributed by atoms with Crippen LogP contribution in [0.25, 0.3) is 0 Å². The van der Waals surface area contributed by atoms with Gasteiger partial charge in [-0.25, -0.2) is 0 Å². The zero-order chi connectivity index (χ0) is 11.3. The molecule has 1 unspecified atom stereocenters. The first kappa shape index (κ1) is 12.2. The second kappa shape index (κ2) is 5.89. The summed E-state index contributed by atoms with van der Waals surface area (Å²) in [5.41, 5.74) is 4.10. The summed E-state index contributed by atoms with van der Waals surface area (Å²) in [5.74, 6) is 0. The zero-order valence-corrected chi connectivity index (χ0v) is 10.2. The molecule has 0 aromatic heterocycles. The van der Waals surface area contributed by atoms with E-state index in [0.29, 0.717) is 6.04 Å². The number of hydrogen-bond donors (Lipinski definition) is 2. The lowest BCUT2D eigenvalue weighted by Crippen LogP contribution is -2.34. The van der Waals surface area contributed by atoms with E-state index in [9.17, 15) is 0 Å². The fourth-order valence-corrected chi connectivity index (χ4v) is 1.65. The van der Waals surface area contributed by atoms with Crippen LogP contribution >= 0.6 is 0 Å². The number of benzene rings is 1. The van der Waals surface area contributed by atoms with Crippen LogP contribution < -0.4 is 10.6 Å². The van der Waals surface area contributed by atoms with Gasteiger partial charge in [-0.2, -0.15) is 0 Å². The summed E-state index contributed by atoms with van der Waals surface area (Å²) < 4.78 is 0. The molecule has 1 rings (SSSR count). The van der Waals surface area contributed by atoms with Crippen molar-refractivity contribution in [3.8, 4) is 0 Å². The van der Waals surface area contributed by atoms with E-state index in [2.05, 4.69) is 49.6 Å². The summed E-state index contributed by atoms with van der Waals surface area (Å²) in [4.78, 5) is 0. The molecular formula is C13H22N2. The SMILES string of the molecule is CNCC(C)NCc1cc(C)ccc1C. The molecule has 0 aliphatic rings. The van der Waals surface area contributed by atoms with Gasteiger partial charge in [-0.1, -0.05) is 23.8 Å². The lowest BCUT2D eigenvalue weighted by atomic mass is 10.1. The maximum Gasteiger partial charge on any atom is 0.0211 e. The summed E-state index contributed by atoms with van der Waals surface area (Å²) in [6, 6.07) is 7.12. The molecule has 0 aliphatic carbocycles. The van der Waals surface area contributed by atoms with Gasteiger partial charge in [0.2, 0.25) is 0 Å². The Morgan fingerprint density at radius 1 is 1.27 bits per heavy atom. The second-order valence-corrected chi connectivity index (χ2v) is 4.27. The lowest BCUT2D eigenvalue weighted by molar-refractivity contribution is 0.522. The average molecular weight is 206 g/mol. The van der Waals surface area contributed by atoms with Crippen molar-refractivity contribution in [3.05, 3.63) is 34.9 Å². The Labute approximate surface area is 93.1 Å². The molecule has 0 bridgehead atoms. The van der Waals surface area contributed by atoms with Crippen molar-refractivity contribution in [1.82, 2.24) is 10.6 Å². The summed E-state index contributed by atoms with van der Waals surface area (Å²) in [6.07, 6.45) is 0. The first-order chi connectivity index (χ1) is 7.13. The Bertz CT molecular complexity index is 307. The van der Waals surface area contributed by atoms with Crippen LogP contribution in [-0.2, 0) is 6.54 Å². The normalized spacial score (nSPS) is 12.8. The lowest BCUT2D eigenvalue weighted by Gasteiger charge is -2.14. The highest BCUT2D eigenvalue weighted by Crippen LogP contribution is 2.10. The summed E-state index contributed by atoms with van der Waals surface area (Å²) in [6.45, 7) is 8.46. The third kappa shape index (κ3) is 4.02. The van der Waals surface area contributed by atoms with Gasteiger partial charge in [0.1, 0.15) is 0 Å². The molecule has 0 aliphatic heterocycles. The van der Waals surface area contributed by atoms with Crippen LogP contribution in [0.4, 0.5) is 0 Å². The van der Waals surface area contributed by atoms with Crippen molar-refractivity contribution in [1.29, 1.82) is 0 Å². The van der Waals surface area contributed by atoms with Crippen molar-refractivity contribution >= 4 is 0 Å². The number of aryl methyl sites for hydroxylation is 2. The Hall–Kier alpha value is -0.860. The highest BCUT2D eigenvalue weighted by molar-refractivity contribution is 5.30. The summed E-state index contributed by atoms with van der Waals surface area (Å²) in [7, 11) is 1.98. The fraction of sp³-hybridized carbons (Fsp3) is 0.538. The van der Waals surface area contributed by atoms with E-state index in [1.165, 1.54) is 16.7 Å². The van der Waals surface area contributed by atoms with Crippen LogP contribution in [0, 0.1) is 13.8 Å². The molecule has 2 N–H and O–H groups in total. The molecule has 15 heavy (non-hydrogen) atoms. The smallest absolute Gasteiger partial charge is 0.0211 e. The minimum atomic E-state index is 0.509. The van der Waals surface area contributed by atoms with E-state index in [-0.39, 0.29) is 0 Å². The van der Waals surface area contributed by atoms with Crippen LogP contribution in [0.3, 0.4) is 0 Å². The largest absolute Gasteiger partial charge is 0.318 e. The van der Waals surface area contributed by atoms with Crippen molar-refractivity contribution in [2.45, 2.75) is 33.4 Å². The van der Waals surface area contributed by atoms with Gasteiger partial charge in [-0.05, 0) is 38.9 Å². The van der Waals surface area contributed by atoms with Crippen LogP contribution in [0.5, 0.6) is 0 Å². The van der Waals surface area contributed by atoms with Crippen LogP contribution in [0.2, 0.25) is 0 Å². The first-order valence-corrected chi connectivity index (χ1v) is 5.57. The van der Waals surface area contributed by atoms with E-state index in [0.717, 1.165) is 13.1 Å². The Kier molecular flexibility index (Phi) is 4.79. The molecular weight excluding hydrogens is 184 g/mol. The molecule has 1 aromatic carbocycles. The predicted octanol–water partition coefficient (Wildman–Crippen LogP) is 2.00. The molecule has 1 aromatic rings. The molecule has 0 radical (unpaired) electrons. The molecule has 0 amide bonds. The molecule has 0 saturated heterocycles. The third-order valence-corrected chi connectivity index (χ3v) is 2.66. The maximum absolute atomic E-state index is 3.51. The Balaban J connectivity index is 2.53. The monoisotopic (exact) mass is 206 g/mol. The van der Waals surface area contributed by atoms with Crippen molar-refractivity contribution in [2.24, 2.45) is 0 Å². The maximum atomic E-state index is 3.51. The van der Waals surface area contributed by atoms with Crippen LogP contribution in [-0.4, -0.2) is 19.6 Å². The van der Waals surface area contributed by atoms with Gasteiger partial charge < -0.3 is 10.6 Å². The van der Waals surface area contributed by atoms with E-state index in [1.54, 1.807) is 0 Å². The van der Waals surface area contributed by atoms with Crippen LogP contribution in [0.15, 0.2) is 18.2 Å². The van der Waals surface area contributed by atoms with Gasteiger partial charge in [-0.15, -0.1) is 0 Å². The van der Waals surface area contributed by atoms with E-state index >= 15 is 0 Å². The summed E-state index contributed by atoms with van der Waals surface area (Å²) >= 11 is 0. The topological polar surface area (TPSA) is 24.1 Å². The summed E-state index contributed by atoms with van der Waals surface area (Å²) in [5, 5.41) is 6.67. The van der Waals surface area contributed by atoms with Crippen molar-refractivity contribution < 1.29 is 0 Å². The van der Waals surface area contributed by atoms with Gasteiger partial charge in [-0.3, -0.25) is 0 Å². The highest BCUT2D eigenvalue weighted by atomic mass is 15.0. The van der Waals surface area contributed by atoms with Gasteiger partial charge in [0.05, 0.1) is 0 Å². The third-order valence-electron chi connectivity index (χ3n) is 2.66. The molecule has 2 nitrogen and oxygen atoms in total. The van der Waals surface area contributed by atoms with Gasteiger partial charge in [0, 0.05) is 19.1 Å². The number of rotatable bonds is 5.